The summed E-state index contributed by atoms with van der Waals surface area (Å²) in [5, 5.41) is 0. The maximum atomic E-state index is 12.9. The van der Waals surface area contributed by atoms with Crippen molar-refractivity contribution in [3.05, 3.63) is 0 Å². The number of Topliss-reactive ketones (excluding diaryl/α,β-unsaturated/α-hetero) is 2. The SMILES string of the molecule is CC(=O)N1CCC[C@@]2(C)[C@@H]1CC[C@@H]1[C@@H]2CC[C@]2(C)C(=O)CC[C@@H]12.CC(C)(C)OC(=O)N1CCC[C@@]2(C)[C@@H]1CC[C@@H]1[C@@H]2CC[C@]2(C)C(=O)CC[C@@H]12. The lowest BCUT2D eigenvalue weighted by molar-refractivity contribution is -0.155. The molecule has 0 aromatic carbocycles. The predicted molar refractivity (Wildman–Crippen MR) is 195 cm³/mol. The maximum Gasteiger partial charge on any atom is 0.410 e. The summed E-state index contributed by atoms with van der Waals surface area (Å²) in [6.45, 7) is 18.8. The van der Waals surface area contributed by atoms with Gasteiger partial charge in [0.15, 0.2) is 0 Å². The molecule has 2 saturated heterocycles. The Hall–Kier alpha value is -1.92. The van der Waals surface area contributed by atoms with E-state index in [-0.39, 0.29) is 33.7 Å². The van der Waals surface area contributed by atoms with E-state index in [1.807, 2.05) is 20.8 Å². The number of fused-ring (bicyclic) bond motifs is 10. The van der Waals surface area contributed by atoms with Crippen molar-refractivity contribution >= 4 is 23.6 Å². The van der Waals surface area contributed by atoms with E-state index in [1.165, 1.54) is 25.7 Å². The molecule has 8 rings (SSSR count). The average molecular weight is 693 g/mol. The molecule has 0 bridgehead atoms. The molecule has 2 amide bonds. The maximum absolute atomic E-state index is 12.9. The third-order valence-electron chi connectivity index (χ3n) is 17.1. The topological polar surface area (TPSA) is 84.0 Å². The molecule has 0 N–H and O–H groups in total. The third kappa shape index (κ3) is 5.62. The number of hydrogen-bond donors (Lipinski definition) is 0. The molecular formula is C43H68N2O5. The number of carbonyl (C=O) groups is 4. The Labute approximate surface area is 302 Å². The Morgan fingerprint density at radius 2 is 1.06 bits per heavy atom. The Morgan fingerprint density at radius 3 is 1.50 bits per heavy atom. The number of nitrogens with zero attached hydrogens (tertiary/aromatic N) is 2. The molecule has 7 nitrogen and oxygen atoms in total. The van der Waals surface area contributed by atoms with E-state index in [0.29, 0.717) is 59.2 Å². The predicted octanol–water partition coefficient (Wildman–Crippen LogP) is 9.01. The van der Waals surface area contributed by atoms with Crippen LogP contribution in [-0.2, 0) is 19.1 Å². The van der Waals surface area contributed by atoms with E-state index >= 15 is 0 Å². The minimum atomic E-state index is -0.445. The van der Waals surface area contributed by atoms with Crippen molar-refractivity contribution in [3.8, 4) is 0 Å². The molecule has 7 heteroatoms. The quantitative estimate of drug-likeness (QED) is 0.253. The normalized spacial score (nSPS) is 46.6. The Morgan fingerprint density at radius 1 is 0.620 bits per heavy atom. The van der Waals surface area contributed by atoms with Crippen LogP contribution in [0.3, 0.4) is 0 Å². The minimum absolute atomic E-state index is 0.0285. The van der Waals surface area contributed by atoms with E-state index < -0.39 is 5.60 Å². The fourth-order valence-electron chi connectivity index (χ4n) is 14.6. The Balaban J connectivity index is 0.000000159. The molecule has 50 heavy (non-hydrogen) atoms. The second-order valence-electron chi connectivity index (χ2n) is 20.4. The van der Waals surface area contributed by atoms with Crippen LogP contribution in [0.4, 0.5) is 4.79 Å². The van der Waals surface area contributed by atoms with Gasteiger partial charge in [-0.25, -0.2) is 4.79 Å². The summed E-state index contributed by atoms with van der Waals surface area (Å²) >= 11 is 0. The standard InChI is InChI=1S/C23H37NO3.C20H31NO2/c1-21(2,3)27-20(26)24-14-6-12-22(4)17-11-13-23(5)16(8-10-19(23)25)15(17)7-9-18(22)24;1-13(22)21-12-4-10-19(2)16-9-11-20(3)15(6-8-18(20)23)14(16)5-7-17(19)21/h15-18H,6-14H2,1-5H3;14-17H,4-12H2,1-3H3/t15-,16-,17-,18-,22+,23-;14-,15-,16-,17-,19+,20-/m00/s1. The van der Waals surface area contributed by atoms with E-state index in [9.17, 15) is 19.2 Å². The Kier molecular flexibility index (Phi) is 9.18. The molecule has 8 fully saturated rings. The van der Waals surface area contributed by atoms with E-state index in [0.717, 1.165) is 90.1 Å². The summed E-state index contributed by atoms with van der Waals surface area (Å²) in [6, 6.07) is 0.736. The number of likely N-dealkylation sites (tertiary alicyclic amines) is 2. The zero-order valence-corrected chi connectivity index (χ0v) is 32.8. The van der Waals surface area contributed by atoms with Gasteiger partial charge < -0.3 is 14.5 Å². The van der Waals surface area contributed by atoms with Crippen LogP contribution in [0.5, 0.6) is 0 Å². The highest BCUT2D eigenvalue weighted by atomic mass is 16.6. The average Bonchev–Trinajstić information content (AvgIpc) is 3.53. The molecule has 2 aliphatic heterocycles. The van der Waals surface area contributed by atoms with Gasteiger partial charge in [-0.15, -0.1) is 0 Å². The van der Waals surface area contributed by atoms with Crippen LogP contribution in [0.25, 0.3) is 0 Å². The van der Waals surface area contributed by atoms with Crippen LogP contribution in [0.2, 0.25) is 0 Å². The summed E-state index contributed by atoms with van der Waals surface area (Å²) in [5.74, 6) is 5.22. The van der Waals surface area contributed by atoms with E-state index in [1.54, 1.807) is 6.92 Å². The second kappa shape index (κ2) is 12.6. The fourth-order valence-corrected chi connectivity index (χ4v) is 14.6. The van der Waals surface area contributed by atoms with Crippen LogP contribution in [0, 0.1) is 57.2 Å². The van der Waals surface area contributed by atoms with Gasteiger partial charge in [-0.2, -0.15) is 0 Å². The van der Waals surface area contributed by atoms with Gasteiger partial charge in [0, 0.05) is 55.8 Å². The van der Waals surface area contributed by atoms with Gasteiger partial charge in [-0.1, -0.05) is 27.7 Å². The molecule has 0 aromatic heterocycles. The number of amides is 2. The fraction of sp³-hybridized carbons (Fsp3) is 0.907. The van der Waals surface area contributed by atoms with Crippen molar-refractivity contribution in [3.63, 3.8) is 0 Å². The van der Waals surface area contributed by atoms with E-state index in [2.05, 4.69) is 37.5 Å². The van der Waals surface area contributed by atoms with Gasteiger partial charge in [-0.3, -0.25) is 14.4 Å². The van der Waals surface area contributed by atoms with Gasteiger partial charge in [-0.05, 0) is 157 Å². The van der Waals surface area contributed by atoms with Crippen LogP contribution < -0.4 is 0 Å². The molecule has 0 spiro atoms. The zero-order chi connectivity index (χ0) is 36.0. The molecule has 8 aliphatic rings. The minimum Gasteiger partial charge on any atom is -0.444 e. The van der Waals surface area contributed by atoms with Crippen LogP contribution in [0.1, 0.15) is 158 Å². The van der Waals surface area contributed by atoms with Crippen molar-refractivity contribution in [2.45, 2.75) is 176 Å². The van der Waals surface area contributed by atoms with Crippen LogP contribution in [-0.4, -0.2) is 64.1 Å². The monoisotopic (exact) mass is 693 g/mol. The summed E-state index contributed by atoms with van der Waals surface area (Å²) in [4.78, 5) is 54.3. The summed E-state index contributed by atoms with van der Waals surface area (Å²) in [6.07, 6.45) is 17.4. The summed E-state index contributed by atoms with van der Waals surface area (Å²) in [5.41, 5.74) is -0.0903. The third-order valence-corrected chi connectivity index (χ3v) is 17.1. The van der Waals surface area contributed by atoms with Crippen molar-refractivity contribution < 1.29 is 23.9 Å². The lowest BCUT2D eigenvalue weighted by Crippen LogP contribution is -2.62. The highest BCUT2D eigenvalue weighted by Crippen LogP contribution is 2.65. The van der Waals surface area contributed by atoms with Crippen molar-refractivity contribution in [2.24, 2.45) is 57.2 Å². The molecular weight excluding hydrogens is 624 g/mol. The van der Waals surface area contributed by atoms with Gasteiger partial charge in [0.1, 0.15) is 17.2 Å². The number of rotatable bonds is 0. The van der Waals surface area contributed by atoms with Crippen molar-refractivity contribution in [1.82, 2.24) is 9.80 Å². The first-order valence-electron chi connectivity index (χ1n) is 20.8. The van der Waals surface area contributed by atoms with Gasteiger partial charge in [0.05, 0.1) is 0 Å². The lowest BCUT2D eigenvalue weighted by atomic mass is 9.47. The van der Waals surface area contributed by atoms with Crippen LogP contribution in [0.15, 0.2) is 0 Å². The first-order chi connectivity index (χ1) is 23.4. The first kappa shape index (κ1) is 36.4. The molecule has 2 heterocycles. The smallest absolute Gasteiger partial charge is 0.410 e. The molecule has 6 saturated carbocycles. The second-order valence-corrected chi connectivity index (χ2v) is 20.4. The van der Waals surface area contributed by atoms with Crippen molar-refractivity contribution in [1.29, 1.82) is 0 Å². The number of carbonyl (C=O) groups excluding carboxylic acids is 4. The largest absolute Gasteiger partial charge is 0.444 e. The summed E-state index contributed by atoms with van der Waals surface area (Å²) < 4.78 is 5.75. The Bertz CT molecular complexity index is 1390. The molecule has 12 atom stereocenters. The van der Waals surface area contributed by atoms with Gasteiger partial charge >= 0.3 is 6.09 Å². The van der Waals surface area contributed by atoms with Gasteiger partial charge in [0.25, 0.3) is 0 Å². The molecule has 0 aromatic rings. The highest BCUT2D eigenvalue weighted by Gasteiger charge is 2.63. The first-order valence-corrected chi connectivity index (χ1v) is 20.8. The van der Waals surface area contributed by atoms with Crippen molar-refractivity contribution in [2.75, 3.05) is 13.1 Å². The molecule has 280 valence electrons. The number of hydrogen-bond acceptors (Lipinski definition) is 5. The number of ether oxygens (including phenoxy) is 1. The molecule has 0 radical (unpaired) electrons. The van der Waals surface area contributed by atoms with Crippen LogP contribution >= 0.6 is 0 Å². The number of piperidine rings is 2. The highest BCUT2D eigenvalue weighted by molar-refractivity contribution is 5.87. The molecule has 0 unspecified atom stereocenters. The van der Waals surface area contributed by atoms with Gasteiger partial charge in [0.2, 0.25) is 5.91 Å². The zero-order valence-electron chi connectivity index (χ0n) is 32.8. The van der Waals surface area contributed by atoms with E-state index in [4.69, 9.17) is 4.74 Å². The lowest BCUT2D eigenvalue weighted by Gasteiger charge is -2.61. The number of ketones is 2. The molecule has 6 aliphatic carbocycles. The summed E-state index contributed by atoms with van der Waals surface area (Å²) in [7, 11) is 0.